The summed E-state index contributed by atoms with van der Waals surface area (Å²) >= 11 is 5.76. The normalized spacial score (nSPS) is 10.1. The van der Waals surface area contributed by atoms with E-state index in [1.54, 1.807) is 6.92 Å². The van der Waals surface area contributed by atoms with Crippen molar-refractivity contribution < 1.29 is 14.5 Å². The molecule has 0 spiro atoms. The molecule has 0 aliphatic rings. The number of hydrogen-bond donors (Lipinski definition) is 0. The molecule has 1 aromatic carbocycles. The molecule has 0 aliphatic carbocycles. The third-order valence-electron chi connectivity index (χ3n) is 2.25. The molecule has 92 valence electrons. The van der Waals surface area contributed by atoms with Crippen LogP contribution in [-0.4, -0.2) is 17.5 Å². The maximum atomic E-state index is 11.6. The van der Waals surface area contributed by atoms with Crippen LogP contribution in [0.5, 0.6) is 0 Å². The number of aryl methyl sites for hydroxylation is 1. The molecule has 0 atom stereocenters. The van der Waals surface area contributed by atoms with Gasteiger partial charge in [0.1, 0.15) is 5.02 Å². The molecule has 0 saturated carbocycles. The predicted molar refractivity (Wildman–Crippen MR) is 63.4 cm³/mol. The average molecular weight is 258 g/mol. The van der Waals surface area contributed by atoms with E-state index in [1.807, 2.05) is 6.92 Å². The molecule has 0 heterocycles. The minimum Gasteiger partial charge on any atom is -0.462 e. The average Bonchev–Trinajstić information content (AvgIpc) is 2.28. The van der Waals surface area contributed by atoms with Gasteiger partial charge in [-0.15, -0.1) is 0 Å². The fourth-order valence-corrected chi connectivity index (χ4v) is 1.69. The number of benzene rings is 1. The molecule has 0 aliphatic heterocycles. The van der Waals surface area contributed by atoms with Crippen molar-refractivity contribution in [3.63, 3.8) is 0 Å². The van der Waals surface area contributed by atoms with Crippen molar-refractivity contribution in [2.75, 3.05) is 6.61 Å². The van der Waals surface area contributed by atoms with Gasteiger partial charge in [0.2, 0.25) is 0 Å². The number of carbonyl (C=O) groups excluding carboxylic acids is 1. The van der Waals surface area contributed by atoms with Gasteiger partial charge in [-0.1, -0.05) is 18.5 Å². The first kappa shape index (κ1) is 13.4. The predicted octanol–water partition coefficient (Wildman–Crippen LogP) is 2.99. The highest BCUT2D eigenvalue weighted by molar-refractivity contribution is 6.32. The summed E-state index contributed by atoms with van der Waals surface area (Å²) < 4.78 is 4.84. The van der Waals surface area contributed by atoms with Gasteiger partial charge in [-0.2, -0.15) is 0 Å². The molecular weight excluding hydrogens is 246 g/mol. The minimum absolute atomic E-state index is 0.0277. The number of carbonyl (C=O) groups is 1. The third kappa shape index (κ3) is 2.94. The van der Waals surface area contributed by atoms with Gasteiger partial charge < -0.3 is 4.74 Å². The van der Waals surface area contributed by atoms with Crippen LogP contribution < -0.4 is 0 Å². The molecule has 0 aromatic heterocycles. The maximum Gasteiger partial charge on any atom is 0.338 e. The lowest BCUT2D eigenvalue weighted by Gasteiger charge is -2.07. The molecule has 0 unspecified atom stereocenters. The highest BCUT2D eigenvalue weighted by atomic mass is 35.5. The van der Waals surface area contributed by atoms with E-state index in [1.165, 1.54) is 12.1 Å². The number of hydrogen-bond acceptors (Lipinski definition) is 4. The number of esters is 1. The number of nitrogens with zero attached hydrogens (tertiary/aromatic N) is 1. The van der Waals surface area contributed by atoms with Gasteiger partial charge in [0, 0.05) is 6.07 Å². The molecule has 17 heavy (non-hydrogen) atoms. The summed E-state index contributed by atoms with van der Waals surface area (Å²) in [5.41, 5.74) is 0.552. The monoisotopic (exact) mass is 257 g/mol. The third-order valence-corrected chi connectivity index (χ3v) is 2.55. The van der Waals surface area contributed by atoms with Gasteiger partial charge in [0.15, 0.2) is 0 Å². The van der Waals surface area contributed by atoms with Crippen molar-refractivity contribution in [1.29, 1.82) is 0 Å². The highest BCUT2D eigenvalue weighted by Gasteiger charge is 2.20. The van der Waals surface area contributed by atoms with Crippen LogP contribution in [0, 0.1) is 10.1 Å². The van der Waals surface area contributed by atoms with Gasteiger partial charge in [0.05, 0.1) is 17.1 Å². The highest BCUT2D eigenvalue weighted by Crippen LogP contribution is 2.28. The molecule has 5 nitrogen and oxygen atoms in total. The van der Waals surface area contributed by atoms with E-state index in [2.05, 4.69) is 0 Å². The standard InChI is InChI=1S/C11H12ClNO4/c1-3-7-5-9(12)10(13(15)16)6-8(7)11(14)17-4-2/h5-6H,3-4H2,1-2H3. The second-order valence-electron chi connectivity index (χ2n) is 3.29. The number of ether oxygens (including phenoxy) is 1. The van der Waals surface area contributed by atoms with E-state index < -0.39 is 10.9 Å². The fourth-order valence-electron chi connectivity index (χ4n) is 1.43. The van der Waals surface area contributed by atoms with Crippen LogP contribution in [0.15, 0.2) is 12.1 Å². The second kappa shape index (κ2) is 5.63. The molecular formula is C11H12ClNO4. The zero-order valence-electron chi connectivity index (χ0n) is 9.53. The first-order chi connectivity index (χ1) is 8.01. The number of nitro groups is 1. The summed E-state index contributed by atoms with van der Waals surface area (Å²) in [6.07, 6.45) is 0.547. The topological polar surface area (TPSA) is 69.4 Å². The number of nitro benzene ring substituents is 1. The molecule has 6 heteroatoms. The summed E-state index contributed by atoms with van der Waals surface area (Å²) in [5.74, 6) is -0.566. The van der Waals surface area contributed by atoms with Crippen LogP contribution in [-0.2, 0) is 11.2 Å². The fraction of sp³-hybridized carbons (Fsp3) is 0.364. The van der Waals surface area contributed by atoms with Crippen molar-refractivity contribution in [3.05, 3.63) is 38.4 Å². The summed E-state index contributed by atoms with van der Waals surface area (Å²) in [5, 5.41) is 10.8. The largest absolute Gasteiger partial charge is 0.462 e. The molecule has 0 bridgehead atoms. The number of rotatable bonds is 4. The maximum absolute atomic E-state index is 11.6. The van der Waals surface area contributed by atoms with Gasteiger partial charge >= 0.3 is 5.97 Å². The summed E-state index contributed by atoms with van der Waals surface area (Å²) in [7, 11) is 0. The number of halogens is 1. The molecule has 1 rings (SSSR count). The van der Waals surface area contributed by atoms with E-state index in [9.17, 15) is 14.9 Å². The quantitative estimate of drug-likeness (QED) is 0.472. The summed E-state index contributed by atoms with van der Waals surface area (Å²) in [6.45, 7) is 3.73. The Labute approximate surface area is 103 Å². The Balaban J connectivity index is 3.31. The molecule has 0 fully saturated rings. The van der Waals surface area contributed by atoms with Crippen LogP contribution in [0.1, 0.15) is 29.8 Å². The Kier molecular flexibility index (Phi) is 4.45. The Bertz CT molecular complexity index is 459. The van der Waals surface area contributed by atoms with Gasteiger partial charge in [-0.25, -0.2) is 4.79 Å². The van der Waals surface area contributed by atoms with Crippen LogP contribution in [0.2, 0.25) is 5.02 Å². The SMILES string of the molecule is CCOC(=O)c1cc([N+](=O)[O-])c(Cl)cc1CC. The molecule has 0 N–H and O–H groups in total. The van der Waals surface area contributed by atoms with Gasteiger partial charge in [-0.05, 0) is 25.0 Å². The van der Waals surface area contributed by atoms with E-state index in [-0.39, 0.29) is 22.9 Å². The van der Waals surface area contributed by atoms with Crippen molar-refractivity contribution in [2.24, 2.45) is 0 Å². The van der Waals surface area contributed by atoms with Gasteiger partial charge in [0.25, 0.3) is 5.69 Å². The van der Waals surface area contributed by atoms with Crippen molar-refractivity contribution in [3.8, 4) is 0 Å². The Morgan fingerprint density at radius 2 is 2.12 bits per heavy atom. The van der Waals surface area contributed by atoms with Crippen molar-refractivity contribution in [2.45, 2.75) is 20.3 Å². The molecule has 0 saturated heterocycles. The minimum atomic E-state index is -0.621. The molecule has 0 amide bonds. The Morgan fingerprint density at radius 1 is 1.47 bits per heavy atom. The van der Waals surface area contributed by atoms with E-state index in [4.69, 9.17) is 16.3 Å². The van der Waals surface area contributed by atoms with Gasteiger partial charge in [-0.3, -0.25) is 10.1 Å². The summed E-state index contributed by atoms with van der Waals surface area (Å²) in [6, 6.07) is 2.60. The molecule has 1 aromatic rings. The molecule has 0 radical (unpaired) electrons. The van der Waals surface area contributed by atoms with E-state index in [0.717, 1.165) is 0 Å². The Hall–Kier alpha value is -1.62. The first-order valence-electron chi connectivity index (χ1n) is 5.15. The Morgan fingerprint density at radius 3 is 2.59 bits per heavy atom. The second-order valence-corrected chi connectivity index (χ2v) is 3.70. The summed E-state index contributed by atoms with van der Waals surface area (Å²) in [4.78, 5) is 21.7. The zero-order chi connectivity index (χ0) is 13.0. The lowest BCUT2D eigenvalue weighted by molar-refractivity contribution is -0.384. The van der Waals surface area contributed by atoms with Crippen LogP contribution >= 0.6 is 11.6 Å². The van der Waals surface area contributed by atoms with Crippen LogP contribution in [0.4, 0.5) is 5.69 Å². The lowest BCUT2D eigenvalue weighted by Crippen LogP contribution is -2.09. The smallest absolute Gasteiger partial charge is 0.338 e. The van der Waals surface area contributed by atoms with Crippen molar-refractivity contribution in [1.82, 2.24) is 0 Å². The van der Waals surface area contributed by atoms with E-state index in [0.29, 0.717) is 12.0 Å². The van der Waals surface area contributed by atoms with Crippen LogP contribution in [0.3, 0.4) is 0 Å². The van der Waals surface area contributed by atoms with Crippen LogP contribution in [0.25, 0.3) is 0 Å². The van der Waals surface area contributed by atoms with E-state index >= 15 is 0 Å². The first-order valence-corrected chi connectivity index (χ1v) is 5.53. The lowest BCUT2D eigenvalue weighted by atomic mass is 10.0. The zero-order valence-corrected chi connectivity index (χ0v) is 10.3. The van der Waals surface area contributed by atoms with Crippen molar-refractivity contribution >= 4 is 23.3 Å².